The van der Waals surface area contributed by atoms with Crippen molar-refractivity contribution < 1.29 is 13.6 Å². The first kappa shape index (κ1) is 18.7. The molecular formula is C20H20F2N4O. The number of aryl methyl sites for hydroxylation is 2. The van der Waals surface area contributed by atoms with Gasteiger partial charge in [-0.1, -0.05) is 18.2 Å². The van der Waals surface area contributed by atoms with E-state index in [0.29, 0.717) is 33.6 Å². The minimum Gasteiger partial charge on any atom is -0.352 e. The molecular weight excluding hydrogens is 350 g/mol. The zero-order valence-corrected chi connectivity index (χ0v) is 14.9. The lowest BCUT2D eigenvalue weighted by molar-refractivity contribution is 0.0563. The summed E-state index contributed by atoms with van der Waals surface area (Å²) in [4.78, 5) is 16.4. The number of rotatable bonds is 7. The number of pyridine rings is 1. The number of amides is 1. The second-order valence-electron chi connectivity index (χ2n) is 6.19. The summed E-state index contributed by atoms with van der Waals surface area (Å²) in [5.74, 6) is -0.193. The fourth-order valence-corrected chi connectivity index (χ4v) is 2.84. The van der Waals surface area contributed by atoms with Gasteiger partial charge in [0.05, 0.1) is 5.69 Å². The van der Waals surface area contributed by atoms with Gasteiger partial charge < -0.3 is 5.32 Å². The van der Waals surface area contributed by atoms with Gasteiger partial charge in [-0.05, 0) is 49.1 Å². The van der Waals surface area contributed by atoms with Gasteiger partial charge in [-0.25, -0.2) is 4.68 Å². The van der Waals surface area contributed by atoms with Crippen LogP contribution in [0.4, 0.5) is 8.78 Å². The number of benzene rings is 1. The van der Waals surface area contributed by atoms with Gasteiger partial charge in [0.15, 0.2) is 0 Å². The summed E-state index contributed by atoms with van der Waals surface area (Å²) in [6.07, 6.45) is 6.47. The summed E-state index contributed by atoms with van der Waals surface area (Å²) in [7, 11) is 0. The second-order valence-corrected chi connectivity index (χ2v) is 6.19. The lowest BCUT2D eigenvalue weighted by Gasteiger charge is -2.07. The maximum atomic E-state index is 12.8. The molecule has 1 N–H and O–H groups in total. The summed E-state index contributed by atoms with van der Waals surface area (Å²) in [5.41, 5.74) is 3.37. The highest BCUT2D eigenvalue weighted by Crippen LogP contribution is 2.25. The van der Waals surface area contributed by atoms with Gasteiger partial charge in [0.25, 0.3) is 5.91 Å². The van der Waals surface area contributed by atoms with Crippen LogP contribution in [0.3, 0.4) is 0 Å². The monoisotopic (exact) mass is 370 g/mol. The molecule has 1 aromatic carbocycles. The summed E-state index contributed by atoms with van der Waals surface area (Å²) >= 11 is 0. The van der Waals surface area contributed by atoms with E-state index in [4.69, 9.17) is 0 Å². The van der Waals surface area contributed by atoms with Crippen molar-refractivity contribution in [2.24, 2.45) is 0 Å². The highest BCUT2D eigenvalue weighted by atomic mass is 19.3. The molecule has 3 aromatic rings. The quantitative estimate of drug-likeness (QED) is 0.639. The Morgan fingerprint density at radius 3 is 2.81 bits per heavy atom. The molecule has 0 aliphatic rings. The first-order valence-corrected chi connectivity index (χ1v) is 8.66. The number of carbonyl (C=O) groups is 1. The molecule has 2 heterocycles. The third-order valence-corrected chi connectivity index (χ3v) is 4.20. The Balaban J connectivity index is 1.62. The number of nitrogens with one attached hydrogen (secondary N) is 1. The van der Waals surface area contributed by atoms with E-state index in [1.807, 2.05) is 18.3 Å². The Hall–Kier alpha value is -3.09. The number of nitrogens with zero attached hydrogens (tertiary/aromatic N) is 3. The fourth-order valence-electron chi connectivity index (χ4n) is 2.84. The maximum absolute atomic E-state index is 12.8. The number of halogens is 2. The van der Waals surface area contributed by atoms with Crippen LogP contribution in [-0.2, 0) is 6.42 Å². The Labute approximate surface area is 156 Å². The van der Waals surface area contributed by atoms with Gasteiger partial charge in [0.1, 0.15) is 0 Å². The zero-order valence-electron chi connectivity index (χ0n) is 14.9. The van der Waals surface area contributed by atoms with Crippen molar-refractivity contribution in [2.75, 3.05) is 6.54 Å². The molecule has 0 radical (unpaired) electrons. The normalized spacial score (nSPS) is 11.0. The molecule has 0 bridgehead atoms. The number of aromatic nitrogens is 3. The zero-order chi connectivity index (χ0) is 19.2. The summed E-state index contributed by atoms with van der Waals surface area (Å²) < 4.78 is 26.2. The molecule has 5 nitrogen and oxygen atoms in total. The highest BCUT2D eigenvalue weighted by molar-refractivity contribution is 5.95. The third kappa shape index (κ3) is 4.75. The molecule has 0 unspecified atom stereocenters. The molecule has 140 valence electrons. The predicted molar refractivity (Wildman–Crippen MR) is 98.5 cm³/mol. The van der Waals surface area contributed by atoms with Gasteiger partial charge in [0.2, 0.25) is 0 Å². The van der Waals surface area contributed by atoms with Gasteiger partial charge in [-0.2, -0.15) is 13.9 Å². The van der Waals surface area contributed by atoms with E-state index in [-0.39, 0.29) is 5.91 Å². The van der Waals surface area contributed by atoms with Crippen LogP contribution in [-0.4, -0.2) is 27.2 Å². The van der Waals surface area contributed by atoms with Crippen LogP contribution in [0, 0.1) is 6.92 Å². The first-order chi connectivity index (χ1) is 13.0. The van der Waals surface area contributed by atoms with Crippen molar-refractivity contribution in [2.45, 2.75) is 26.3 Å². The minimum absolute atomic E-state index is 0.193. The van der Waals surface area contributed by atoms with Crippen molar-refractivity contribution in [3.8, 4) is 11.1 Å². The fraction of sp³-hybridized carbons (Fsp3) is 0.250. The van der Waals surface area contributed by atoms with E-state index in [2.05, 4.69) is 15.4 Å². The second kappa shape index (κ2) is 8.53. The van der Waals surface area contributed by atoms with E-state index in [9.17, 15) is 13.6 Å². The van der Waals surface area contributed by atoms with Crippen molar-refractivity contribution in [1.29, 1.82) is 0 Å². The molecule has 0 saturated carbocycles. The van der Waals surface area contributed by atoms with Crippen LogP contribution < -0.4 is 5.32 Å². The van der Waals surface area contributed by atoms with Crippen LogP contribution >= 0.6 is 0 Å². The molecule has 0 aliphatic carbocycles. The Morgan fingerprint density at radius 2 is 2.11 bits per heavy atom. The molecule has 3 rings (SSSR count). The Morgan fingerprint density at radius 1 is 1.26 bits per heavy atom. The van der Waals surface area contributed by atoms with Crippen molar-refractivity contribution in [3.05, 3.63) is 71.8 Å². The summed E-state index contributed by atoms with van der Waals surface area (Å²) in [6, 6.07) is 10.8. The molecule has 2 aromatic heterocycles. The third-order valence-electron chi connectivity index (χ3n) is 4.20. The van der Waals surface area contributed by atoms with Gasteiger partial charge in [-0.3, -0.25) is 9.78 Å². The Kier molecular flexibility index (Phi) is 5.90. The largest absolute Gasteiger partial charge is 0.352 e. The highest BCUT2D eigenvalue weighted by Gasteiger charge is 2.14. The molecule has 0 atom stereocenters. The SMILES string of the molecule is Cc1nn(C(F)F)cc1-c1cccc(C(=O)NCCCc2cccnc2)c1. The van der Waals surface area contributed by atoms with E-state index in [0.717, 1.165) is 18.4 Å². The Bertz CT molecular complexity index is 909. The standard InChI is InChI=1S/C20H20F2N4O/c1-14-18(13-26(25-14)20(21)22)16-7-2-8-17(11-16)19(27)24-10-4-6-15-5-3-9-23-12-15/h2-3,5,7-9,11-13,20H,4,6,10H2,1H3,(H,24,27). The maximum Gasteiger partial charge on any atom is 0.333 e. The molecule has 7 heteroatoms. The van der Waals surface area contributed by atoms with Gasteiger partial charge in [-0.15, -0.1) is 0 Å². The average molecular weight is 370 g/mol. The van der Waals surface area contributed by atoms with Crippen molar-refractivity contribution in [3.63, 3.8) is 0 Å². The number of hydrogen-bond acceptors (Lipinski definition) is 3. The average Bonchev–Trinajstić information content (AvgIpc) is 3.08. The van der Waals surface area contributed by atoms with E-state index in [1.165, 1.54) is 6.20 Å². The van der Waals surface area contributed by atoms with Gasteiger partial charge >= 0.3 is 6.55 Å². The lowest BCUT2D eigenvalue weighted by atomic mass is 10.0. The first-order valence-electron chi connectivity index (χ1n) is 8.66. The molecule has 0 aliphatic heterocycles. The molecule has 27 heavy (non-hydrogen) atoms. The van der Waals surface area contributed by atoms with Gasteiger partial charge in [0, 0.05) is 36.3 Å². The van der Waals surface area contributed by atoms with Crippen LogP contribution in [0.5, 0.6) is 0 Å². The number of alkyl halides is 2. The molecule has 1 amide bonds. The molecule has 0 saturated heterocycles. The topological polar surface area (TPSA) is 59.8 Å². The number of carbonyl (C=O) groups excluding carboxylic acids is 1. The van der Waals surface area contributed by atoms with Crippen LogP contribution in [0.15, 0.2) is 55.0 Å². The molecule has 0 spiro atoms. The van der Waals surface area contributed by atoms with E-state index in [1.54, 1.807) is 37.4 Å². The minimum atomic E-state index is -2.69. The predicted octanol–water partition coefficient (Wildman–Crippen LogP) is 4.01. The summed E-state index contributed by atoms with van der Waals surface area (Å²) in [5, 5.41) is 6.70. The van der Waals surface area contributed by atoms with E-state index >= 15 is 0 Å². The lowest BCUT2D eigenvalue weighted by Crippen LogP contribution is -2.24. The number of hydrogen-bond donors (Lipinski definition) is 1. The van der Waals surface area contributed by atoms with Crippen molar-refractivity contribution in [1.82, 2.24) is 20.1 Å². The smallest absolute Gasteiger partial charge is 0.333 e. The van der Waals surface area contributed by atoms with Crippen LogP contribution in [0.25, 0.3) is 11.1 Å². The van der Waals surface area contributed by atoms with Crippen LogP contribution in [0.1, 0.15) is 34.6 Å². The van der Waals surface area contributed by atoms with Crippen LogP contribution in [0.2, 0.25) is 0 Å². The van der Waals surface area contributed by atoms with E-state index < -0.39 is 6.55 Å². The van der Waals surface area contributed by atoms with Crippen molar-refractivity contribution >= 4 is 5.91 Å². The summed E-state index contributed by atoms with van der Waals surface area (Å²) in [6.45, 7) is -0.483. The molecule has 0 fully saturated rings.